The molecule has 1 N–H and O–H groups in total. The minimum absolute atomic E-state index is 0.522. The zero-order chi connectivity index (χ0) is 13.7. The van der Waals surface area contributed by atoms with Crippen LogP contribution in [0.15, 0.2) is 30.3 Å². The lowest BCUT2D eigenvalue weighted by atomic mass is 9.74. The Morgan fingerprint density at radius 3 is 2.26 bits per heavy atom. The average molecular weight is 259 g/mol. The molecule has 3 atom stereocenters. The smallest absolute Gasteiger partial charge is 0.0317 e. The van der Waals surface area contributed by atoms with Gasteiger partial charge in [0, 0.05) is 6.04 Å². The predicted molar refractivity (Wildman–Crippen MR) is 83.1 cm³/mol. The number of rotatable bonds is 5. The Labute approximate surface area is 118 Å². The van der Waals surface area contributed by atoms with Crippen LogP contribution in [0.2, 0.25) is 0 Å². The highest BCUT2D eigenvalue weighted by molar-refractivity contribution is 5.18. The first-order valence-electron chi connectivity index (χ1n) is 7.91. The Bertz CT molecular complexity index is 349. The van der Waals surface area contributed by atoms with Crippen LogP contribution in [-0.4, -0.2) is 7.05 Å². The van der Waals surface area contributed by atoms with Crippen molar-refractivity contribution in [2.24, 2.45) is 17.8 Å². The third-order valence-corrected chi connectivity index (χ3v) is 4.69. The summed E-state index contributed by atoms with van der Waals surface area (Å²) < 4.78 is 0. The van der Waals surface area contributed by atoms with E-state index in [2.05, 4.69) is 56.5 Å². The molecule has 19 heavy (non-hydrogen) atoms. The molecule has 0 amide bonds. The van der Waals surface area contributed by atoms with Gasteiger partial charge in [-0.15, -0.1) is 0 Å². The minimum atomic E-state index is 0.522. The highest BCUT2D eigenvalue weighted by Gasteiger charge is 2.24. The van der Waals surface area contributed by atoms with Crippen molar-refractivity contribution < 1.29 is 0 Å². The van der Waals surface area contributed by atoms with Crippen molar-refractivity contribution in [2.75, 3.05) is 7.05 Å². The van der Waals surface area contributed by atoms with Gasteiger partial charge in [0.1, 0.15) is 0 Å². The van der Waals surface area contributed by atoms with E-state index in [4.69, 9.17) is 0 Å². The van der Waals surface area contributed by atoms with Crippen LogP contribution in [0.1, 0.15) is 57.6 Å². The summed E-state index contributed by atoms with van der Waals surface area (Å²) in [5, 5.41) is 3.48. The maximum atomic E-state index is 3.48. The molecule has 1 fully saturated rings. The lowest BCUT2D eigenvalue weighted by Gasteiger charge is -2.32. The van der Waals surface area contributed by atoms with Gasteiger partial charge in [0.2, 0.25) is 0 Å². The third-order valence-electron chi connectivity index (χ3n) is 4.69. The van der Waals surface area contributed by atoms with Gasteiger partial charge in [0.05, 0.1) is 0 Å². The lowest BCUT2D eigenvalue weighted by molar-refractivity contribution is 0.203. The summed E-state index contributed by atoms with van der Waals surface area (Å²) in [7, 11) is 2.09. The molecule has 0 heterocycles. The largest absolute Gasteiger partial charge is 0.313 e. The zero-order valence-corrected chi connectivity index (χ0v) is 12.7. The summed E-state index contributed by atoms with van der Waals surface area (Å²) in [5.41, 5.74) is 1.43. The van der Waals surface area contributed by atoms with E-state index in [9.17, 15) is 0 Å². The summed E-state index contributed by atoms with van der Waals surface area (Å²) in [6, 6.07) is 11.4. The van der Waals surface area contributed by atoms with Gasteiger partial charge in [-0.05, 0) is 62.5 Å². The van der Waals surface area contributed by atoms with E-state index in [1.54, 1.807) is 0 Å². The predicted octanol–water partition coefficient (Wildman–Crippen LogP) is 4.80. The lowest BCUT2D eigenvalue weighted by Crippen LogP contribution is -2.22. The van der Waals surface area contributed by atoms with Crippen molar-refractivity contribution in [3.8, 4) is 0 Å². The number of benzene rings is 1. The molecule has 0 bridgehead atoms. The first kappa shape index (κ1) is 14.6. The Balaban J connectivity index is 1.86. The minimum Gasteiger partial charge on any atom is -0.313 e. The quantitative estimate of drug-likeness (QED) is 0.801. The van der Waals surface area contributed by atoms with Gasteiger partial charge in [-0.25, -0.2) is 0 Å². The SMILES string of the molecule is CNC(CCC1CC(C)CC(C)C1)c1ccccc1. The van der Waals surface area contributed by atoms with E-state index in [0.717, 1.165) is 17.8 Å². The van der Waals surface area contributed by atoms with Crippen LogP contribution in [0, 0.1) is 17.8 Å². The van der Waals surface area contributed by atoms with Crippen molar-refractivity contribution in [3.63, 3.8) is 0 Å². The Hall–Kier alpha value is -0.820. The second kappa shape index (κ2) is 7.09. The fourth-order valence-electron chi connectivity index (χ4n) is 3.91. The van der Waals surface area contributed by atoms with E-state index in [-0.39, 0.29) is 0 Å². The molecule has 106 valence electrons. The fourth-order valence-corrected chi connectivity index (χ4v) is 3.91. The molecule has 0 saturated heterocycles. The van der Waals surface area contributed by atoms with Crippen LogP contribution in [0.3, 0.4) is 0 Å². The van der Waals surface area contributed by atoms with Crippen molar-refractivity contribution >= 4 is 0 Å². The summed E-state index contributed by atoms with van der Waals surface area (Å²) in [6.45, 7) is 4.85. The normalized spacial score (nSPS) is 29.1. The number of hydrogen-bond acceptors (Lipinski definition) is 1. The second-order valence-corrected chi connectivity index (χ2v) is 6.61. The molecule has 2 rings (SSSR count). The van der Waals surface area contributed by atoms with Gasteiger partial charge in [0.25, 0.3) is 0 Å². The molecule has 1 aliphatic carbocycles. The highest BCUT2D eigenvalue weighted by atomic mass is 14.9. The van der Waals surface area contributed by atoms with Crippen LogP contribution in [0.25, 0.3) is 0 Å². The molecular formula is C18H29N. The molecule has 1 nitrogen and oxygen atoms in total. The standard InChI is InChI=1S/C18H29N/c1-14-11-15(2)13-16(12-14)9-10-18(19-3)17-7-5-4-6-8-17/h4-8,14-16,18-19H,9-13H2,1-3H3. The van der Waals surface area contributed by atoms with Crippen LogP contribution >= 0.6 is 0 Å². The summed E-state index contributed by atoms with van der Waals surface area (Å²) >= 11 is 0. The molecule has 0 radical (unpaired) electrons. The summed E-state index contributed by atoms with van der Waals surface area (Å²) in [5.74, 6) is 2.80. The van der Waals surface area contributed by atoms with Gasteiger partial charge >= 0.3 is 0 Å². The van der Waals surface area contributed by atoms with E-state index in [0.29, 0.717) is 6.04 Å². The van der Waals surface area contributed by atoms with Crippen LogP contribution in [-0.2, 0) is 0 Å². The molecule has 1 saturated carbocycles. The zero-order valence-electron chi connectivity index (χ0n) is 12.7. The molecule has 1 aliphatic rings. The Morgan fingerprint density at radius 1 is 1.05 bits per heavy atom. The van der Waals surface area contributed by atoms with Crippen molar-refractivity contribution in [2.45, 2.75) is 52.0 Å². The highest BCUT2D eigenvalue weighted by Crippen LogP contribution is 2.36. The van der Waals surface area contributed by atoms with Crippen molar-refractivity contribution in [1.29, 1.82) is 0 Å². The first-order chi connectivity index (χ1) is 9.19. The third kappa shape index (κ3) is 4.35. The first-order valence-corrected chi connectivity index (χ1v) is 7.91. The number of hydrogen-bond donors (Lipinski definition) is 1. The molecule has 0 spiro atoms. The van der Waals surface area contributed by atoms with Gasteiger partial charge in [-0.3, -0.25) is 0 Å². The van der Waals surface area contributed by atoms with E-state index in [1.165, 1.54) is 37.7 Å². The van der Waals surface area contributed by atoms with Gasteiger partial charge in [-0.1, -0.05) is 44.2 Å². The van der Waals surface area contributed by atoms with Crippen LogP contribution < -0.4 is 5.32 Å². The fraction of sp³-hybridized carbons (Fsp3) is 0.667. The Morgan fingerprint density at radius 2 is 1.68 bits per heavy atom. The Kier molecular flexibility index (Phi) is 5.45. The van der Waals surface area contributed by atoms with Gasteiger partial charge in [-0.2, -0.15) is 0 Å². The molecule has 1 heteroatoms. The maximum absolute atomic E-state index is 3.48. The van der Waals surface area contributed by atoms with E-state index >= 15 is 0 Å². The molecular weight excluding hydrogens is 230 g/mol. The average Bonchev–Trinajstić information content (AvgIpc) is 2.39. The second-order valence-electron chi connectivity index (χ2n) is 6.61. The van der Waals surface area contributed by atoms with E-state index in [1.807, 2.05) is 0 Å². The molecule has 1 aromatic carbocycles. The van der Waals surface area contributed by atoms with Crippen LogP contribution in [0.5, 0.6) is 0 Å². The molecule has 0 aromatic heterocycles. The monoisotopic (exact) mass is 259 g/mol. The maximum Gasteiger partial charge on any atom is 0.0317 e. The number of nitrogens with one attached hydrogen (secondary N) is 1. The van der Waals surface area contributed by atoms with Crippen LogP contribution in [0.4, 0.5) is 0 Å². The summed E-state index contributed by atoms with van der Waals surface area (Å²) in [6.07, 6.45) is 6.95. The van der Waals surface area contributed by atoms with Crippen molar-refractivity contribution in [3.05, 3.63) is 35.9 Å². The van der Waals surface area contributed by atoms with E-state index < -0.39 is 0 Å². The molecule has 1 aromatic rings. The summed E-state index contributed by atoms with van der Waals surface area (Å²) in [4.78, 5) is 0. The van der Waals surface area contributed by atoms with Gasteiger partial charge < -0.3 is 5.32 Å². The topological polar surface area (TPSA) is 12.0 Å². The molecule has 3 unspecified atom stereocenters. The van der Waals surface area contributed by atoms with Crippen molar-refractivity contribution in [1.82, 2.24) is 5.32 Å². The molecule has 0 aliphatic heterocycles. The van der Waals surface area contributed by atoms with Gasteiger partial charge in [0.15, 0.2) is 0 Å².